The number of hydrogen-bond acceptors (Lipinski definition) is 3. The molecular formula is C21H29N3O3S. The molecule has 7 heteroatoms. The van der Waals surface area contributed by atoms with Crippen LogP contribution in [0.15, 0.2) is 48.5 Å². The minimum atomic E-state index is -3.32. The van der Waals surface area contributed by atoms with Gasteiger partial charge in [0.1, 0.15) is 0 Å². The SMILES string of the molecule is CNS(=O)(=O)Cc1cccc(CNC(=O)N(C)Cc2ccc(C(C)C)cc2)c1. The van der Waals surface area contributed by atoms with Gasteiger partial charge in [-0.1, -0.05) is 62.4 Å². The molecule has 0 heterocycles. The molecule has 0 radical (unpaired) electrons. The van der Waals surface area contributed by atoms with Crippen LogP contribution in [0.1, 0.15) is 42.0 Å². The second-order valence-corrected chi connectivity index (χ2v) is 9.12. The van der Waals surface area contributed by atoms with Crippen LogP contribution in [0.25, 0.3) is 0 Å². The summed E-state index contributed by atoms with van der Waals surface area (Å²) in [5.41, 5.74) is 3.88. The van der Waals surface area contributed by atoms with Crippen LogP contribution in [-0.4, -0.2) is 33.4 Å². The Morgan fingerprint density at radius 3 is 2.29 bits per heavy atom. The first-order chi connectivity index (χ1) is 13.2. The van der Waals surface area contributed by atoms with Crippen LogP contribution in [0.3, 0.4) is 0 Å². The number of carbonyl (C=O) groups is 1. The summed E-state index contributed by atoms with van der Waals surface area (Å²) in [6.45, 7) is 5.16. The zero-order chi connectivity index (χ0) is 20.7. The highest BCUT2D eigenvalue weighted by atomic mass is 32.2. The van der Waals surface area contributed by atoms with Crippen molar-refractivity contribution in [1.82, 2.24) is 14.9 Å². The lowest BCUT2D eigenvalue weighted by molar-refractivity contribution is 0.206. The van der Waals surface area contributed by atoms with Gasteiger partial charge in [0.2, 0.25) is 10.0 Å². The Bertz CT molecular complexity index is 893. The standard InChI is InChI=1S/C21H29N3O3S/c1-16(2)20-10-8-17(9-11-20)14-24(4)21(25)23-13-18-6-5-7-19(12-18)15-28(26,27)22-3/h5-12,16,22H,13-15H2,1-4H3,(H,23,25). The van der Waals surface area contributed by atoms with E-state index in [2.05, 4.69) is 36.0 Å². The zero-order valence-electron chi connectivity index (χ0n) is 16.9. The van der Waals surface area contributed by atoms with E-state index in [1.54, 1.807) is 30.1 Å². The van der Waals surface area contributed by atoms with Crippen molar-refractivity contribution in [2.24, 2.45) is 0 Å². The molecule has 0 aromatic heterocycles. The molecule has 0 saturated heterocycles. The summed E-state index contributed by atoms with van der Waals surface area (Å²) in [4.78, 5) is 14.0. The topological polar surface area (TPSA) is 78.5 Å². The van der Waals surface area contributed by atoms with Crippen molar-refractivity contribution in [2.45, 2.75) is 38.6 Å². The van der Waals surface area contributed by atoms with Gasteiger partial charge in [0, 0.05) is 20.1 Å². The van der Waals surface area contributed by atoms with E-state index in [1.165, 1.54) is 12.6 Å². The first-order valence-electron chi connectivity index (χ1n) is 9.27. The lowest BCUT2D eigenvalue weighted by Crippen LogP contribution is -2.36. The predicted octanol–water partition coefficient (Wildman–Crippen LogP) is 3.20. The molecule has 0 saturated carbocycles. The number of nitrogens with zero attached hydrogens (tertiary/aromatic N) is 1. The molecule has 2 N–H and O–H groups in total. The Kier molecular flexibility index (Phi) is 7.60. The van der Waals surface area contributed by atoms with Crippen LogP contribution in [0.5, 0.6) is 0 Å². The van der Waals surface area contributed by atoms with Crippen molar-refractivity contribution >= 4 is 16.1 Å². The van der Waals surface area contributed by atoms with Gasteiger partial charge in [0.15, 0.2) is 0 Å². The Morgan fingerprint density at radius 1 is 1.04 bits per heavy atom. The van der Waals surface area contributed by atoms with E-state index in [0.29, 0.717) is 24.6 Å². The van der Waals surface area contributed by atoms with Gasteiger partial charge in [0.05, 0.1) is 5.75 Å². The van der Waals surface area contributed by atoms with Crippen molar-refractivity contribution in [3.63, 3.8) is 0 Å². The quantitative estimate of drug-likeness (QED) is 0.710. The van der Waals surface area contributed by atoms with E-state index < -0.39 is 10.0 Å². The Morgan fingerprint density at radius 2 is 1.68 bits per heavy atom. The van der Waals surface area contributed by atoms with Gasteiger partial charge in [-0.3, -0.25) is 0 Å². The van der Waals surface area contributed by atoms with Crippen LogP contribution in [0.4, 0.5) is 4.79 Å². The van der Waals surface area contributed by atoms with Crippen molar-refractivity contribution in [2.75, 3.05) is 14.1 Å². The minimum absolute atomic E-state index is 0.0858. The predicted molar refractivity (Wildman–Crippen MR) is 112 cm³/mol. The summed E-state index contributed by atoms with van der Waals surface area (Å²) in [6.07, 6.45) is 0. The van der Waals surface area contributed by atoms with Gasteiger partial charge in [-0.05, 0) is 35.2 Å². The van der Waals surface area contributed by atoms with Gasteiger partial charge in [-0.2, -0.15) is 0 Å². The number of amides is 2. The highest BCUT2D eigenvalue weighted by Gasteiger charge is 2.11. The number of carbonyl (C=O) groups excluding carboxylic acids is 1. The first kappa shape index (κ1) is 21.9. The van der Waals surface area contributed by atoms with E-state index >= 15 is 0 Å². The summed E-state index contributed by atoms with van der Waals surface area (Å²) in [5, 5.41) is 2.87. The second-order valence-electron chi connectivity index (χ2n) is 7.19. The zero-order valence-corrected chi connectivity index (χ0v) is 17.7. The first-order valence-corrected chi connectivity index (χ1v) is 10.9. The van der Waals surface area contributed by atoms with Crippen LogP contribution in [-0.2, 0) is 28.9 Å². The fourth-order valence-corrected chi connectivity index (χ4v) is 3.55. The van der Waals surface area contributed by atoms with Crippen LogP contribution in [0, 0.1) is 0 Å². The summed E-state index contributed by atoms with van der Waals surface area (Å²) < 4.78 is 25.7. The number of benzene rings is 2. The molecule has 0 aliphatic heterocycles. The summed E-state index contributed by atoms with van der Waals surface area (Å²) in [7, 11) is -0.177. The molecule has 0 unspecified atom stereocenters. The highest BCUT2D eigenvalue weighted by molar-refractivity contribution is 7.88. The molecule has 2 rings (SSSR count). The molecular weight excluding hydrogens is 374 g/mol. The molecule has 2 aromatic carbocycles. The van der Waals surface area contributed by atoms with Gasteiger partial charge < -0.3 is 10.2 Å². The minimum Gasteiger partial charge on any atom is -0.334 e. The summed E-state index contributed by atoms with van der Waals surface area (Å²) >= 11 is 0. The fourth-order valence-electron chi connectivity index (χ4n) is 2.79. The smallest absolute Gasteiger partial charge is 0.317 e. The number of urea groups is 1. The molecule has 6 nitrogen and oxygen atoms in total. The molecule has 0 fully saturated rings. The summed E-state index contributed by atoms with van der Waals surface area (Å²) in [5.74, 6) is 0.395. The van der Waals surface area contributed by atoms with Crippen molar-refractivity contribution < 1.29 is 13.2 Å². The van der Waals surface area contributed by atoms with Gasteiger partial charge in [-0.25, -0.2) is 17.9 Å². The lowest BCUT2D eigenvalue weighted by atomic mass is 10.0. The van der Waals surface area contributed by atoms with Crippen LogP contribution in [0.2, 0.25) is 0 Å². The molecule has 0 spiro atoms. The Balaban J connectivity index is 1.90. The number of hydrogen-bond donors (Lipinski definition) is 2. The average Bonchev–Trinajstić information content (AvgIpc) is 2.66. The Labute approximate surface area is 168 Å². The van der Waals surface area contributed by atoms with Crippen molar-refractivity contribution in [3.8, 4) is 0 Å². The maximum atomic E-state index is 12.4. The number of nitrogens with one attached hydrogen (secondary N) is 2. The normalized spacial score (nSPS) is 11.5. The van der Waals surface area contributed by atoms with E-state index in [-0.39, 0.29) is 11.8 Å². The molecule has 152 valence electrons. The fraction of sp³-hybridized carbons (Fsp3) is 0.381. The largest absolute Gasteiger partial charge is 0.334 e. The third-order valence-electron chi connectivity index (χ3n) is 4.52. The molecule has 0 aliphatic rings. The van der Waals surface area contributed by atoms with Crippen molar-refractivity contribution in [1.29, 1.82) is 0 Å². The van der Waals surface area contributed by atoms with Gasteiger partial charge in [-0.15, -0.1) is 0 Å². The average molecular weight is 404 g/mol. The summed E-state index contributed by atoms with van der Waals surface area (Å²) in [6, 6.07) is 15.3. The maximum absolute atomic E-state index is 12.4. The number of sulfonamides is 1. The molecule has 2 aromatic rings. The van der Waals surface area contributed by atoms with Crippen molar-refractivity contribution in [3.05, 3.63) is 70.8 Å². The molecule has 0 aliphatic carbocycles. The monoisotopic (exact) mass is 403 g/mol. The molecule has 0 atom stereocenters. The van der Waals surface area contributed by atoms with E-state index in [4.69, 9.17) is 0 Å². The van der Waals surface area contributed by atoms with E-state index in [0.717, 1.165) is 11.1 Å². The maximum Gasteiger partial charge on any atom is 0.317 e. The van der Waals surface area contributed by atoms with E-state index in [1.807, 2.05) is 18.2 Å². The van der Waals surface area contributed by atoms with Crippen LogP contribution >= 0.6 is 0 Å². The lowest BCUT2D eigenvalue weighted by Gasteiger charge is -2.19. The highest BCUT2D eigenvalue weighted by Crippen LogP contribution is 2.15. The van der Waals surface area contributed by atoms with Gasteiger partial charge in [0.25, 0.3) is 0 Å². The Hall–Kier alpha value is -2.38. The number of rotatable bonds is 8. The molecule has 2 amide bonds. The third kappa shape index (κ3) is 6.65. The van der Waals surface area contributed by atoms with Gasteiger partial charge >= 0.3 is 6.03 Å². The second kappa shape index (κ2) is 9.71. The van der Waals surface area contributed by atoms with Crippen LogP contribution < -0.4 is 10.0 Å². The third-order valence-corrected chi connectivity index (χ3v) is 5.85. The van der Waals surface area contributed by atoms with E-state index in [9.17, 15) is 13.2 Å². The molecule has 0 bridgehead atoms. The molecule has 28 heavy (non-hydrogen) atoms.